The summed E-state index contributed by atoms with van der Waals surface area (Å²) in [5, 5.41) is 19.1. The van der Waals surface area contributed by atoms with Crippen molar-refractivity contribution in [2.24, 2.45) is 0 Å². The number of hydrogen-bond acceptors (Lipinski definition) is 10. The van der Waals surface area contributed by atoms with E-state index in [-0.39, 0.29) is 41.6 Å². The molecular formula is C28H40O10S. The van der Waals surface area contributed by atoms with E-state index in [1.54, 1.807) is 33.5 Å². The number of benzene rings is 2. The number of methoxy groups -OCH3 is 3. The molecule has 0 aromatic heterocycles. The summed E-state index contributed by atoms with van der Waals surface area (Å²) >= 11 is 0. The van der Waals surface area contributed by atoms with Crippen LogP contribution in [0, 0.1) is 0 Å². The van der Waals surface area contributed by atoms with Gasteiger partial charge >= 0.3 is 0 Å². The fourth-order valence-corrected chi connectivity index (χ4v) is 6.12. The predicted molar refractivity (Wildman–Crippen MR) is 145 cm³/mol. The molecule has 2 aromatic carbocycles. The Morgan fingerprint density at radius 3 is 2.18 bits per heavy atom. The zero-order chi connectivity index (χ0) is 28.6. The Hall–Kier alpha value is -2.73. The third kappa shape index (κ3) is 7.47. The lowest BCUT2D eigenvalue weighted by Crippen LogP contribution is -2.19. The van der Waals surface area contributed by atoms with Crippen LogP contribution in [0.4, 0.5) is 0 Å². The van der Waals surface area contributed by atoms with Crippen LogP contribution in [0.15, 0.2) is 29.2 Å². The maximum Gasteiger partial charge on any atom is 0.203 e. The van der Waals surface area contributed by atoms with Crippen LogP contribution in [-0.4, -0.2) is 78.2 Å². The molecule has 0 unspecified atom stereocenters. The Morgan fingerprint density at radius 1 is 0.949 bits per heavy atom. The second-order valence-electron chi connectivity index (χ2n) is 9.46. The minimum atomic E-state index is -3.91. The summed E-state index contributed by atoms with van der Waals surface area (Å²) in [5.74, 6) is 1.33. The van der Waals surface area contributed by atoms with E-state index in [1.807, 2.05) is 19.1 Å². The van der Waals surface area contributed by atoms with Crippen molar-refractivity contribution in [1.82, 2.24) is 0 Å². The Kier molecular flexibility index (Phi) is 11.1. The Balaban J connectivity index is 2.03. The summed E-state index contributed by atoms with van der Waals surface area (Å²) < 4.78 is 61.1. The molecule has 0 amide bonds. The maximum absolute atomic E-state index is 13.4. The third-order valence-corrected chi connectivity index (χ3v) is 8.27. The van der Waals surface area contributed by atoms with Crippen molar-refractivity contribution in [1.29, 1.82) is 0 Å². The molecule has 1 aliphatic heterocycles. The fraction of sp³-hybridized carbons (Fsp3) is 0.571. The smallest absolute Gasteiger partial charge is 0.203 e. The molecule has 1 fully saturated rings. The van der Waals surface area contributed by atoms with E-state index in [9.17, 15) is 18.6 Å². The van der Waals surface area contributed by atoms with E-state index in [4.69, 9.17) is 28.4 Å². The summed E-state index contributed by atoms with van der Waals surface area (Å²) in [6, 6.07) is 7.08. The summed E-state index contributed by atoms with van der Waals surface area (Å²) in [6.07, 6.45) is 0.260. The average molecular weight is 569 g/mol. The van der Waals surface area contributed by atoms with Gasteiger partial charge in [-0.3, -0.25) is 0 Å². The normalized spacial score (nSPS) is 18.0. The number of ether oxygens (including phenoxy) is 6. The highest BCUT2D eigenvalue weighted by atomic mass is 32.2. The highest BCUT2D eigenvalue weighted by molar-refractivity contribution is 7.91. The molecule has 0 bridgehead atoms. The van der Waals surface area contributed by atoms with Gasteiger partial charge in [0.1, 0.15) is 4.90 Å². The summed E-state index contributed by atoms with van der Waals surface area (Å²) in [6.45, 7) is 4.12. The Morgan fingerprint density at radius 2 is 1.62 bits per heavy atom. The van der Waals surface area contributed by atoms with E-state index < -0.39 is 21.7 Å². The molecule has 3 atom stereocenters. The molecule has 0 aliphatic carbocycles. The number of aliphatic hydroxyl groups is 2. The van der Waals surface area contributed by atoms with Crippen LogP contribution in [0.3, 0.4) is 0 Å². The first kappa shape index (κ1) is 30.8. The topological polar surface area (TPSA) is 130 Å². The molecule has 0 saturated carbocycles. The third-order valence-electron chi connectivity index (χ3n) is 6.38. The lowest BCUT2D eigenvalue weighted by Gasteiger charge is -2.20. The molecule has 39 heavy (non-hydrogen) atoms. The first-order chi connectivity index (χ1) is 18.7. The molecule has 1 heterocycles. The van der Waals surface area contributed by atoms with Crippen LogP contribution < -0.4 is 23.7 Å². The van der Waals surface area contributed by atoms with Gasteiger partial charge < -0.3 is 38.6 Å². The number of sulfone groups is 1. The summed E-state index contributed by atoms with van der Waals surface area (Å²) in [5.41, 5.74) is 1.56. The van der Waals surface area contributed by atoms with Gasteiger partial charge in [0.15, 0.2) is 32.8 Å². The van der Waals surface area contributed by atoms with Crippen molar-refractivity contribution >= 4 is 9.84 Å². The molecule has 10 nitrogen and oxygen atoms in total. The van der Waals surface area contributed by atoms with Crippen molar-refractivity contribution in [2.75, 3.05) is 53.5 Å². The largest absolute Gasteiger partial charge is 0.493 e. The second-order valence-corrected chi connectivity index (χ2v) is 11.5. The van der Waals surface area contributed by atoms with Crippen LogP contribution in [0.1, 0.15) is 56.3 Å². The lowest BCUT2D eigenvalue weighted by molar-refractivity contribution is 0.110. The Labute approximate surface area is 230 Å². The monoisotopic (exact) mass is 568 g/mol. The van der Waals surface area contributed by atoms with Crippen molar-refractivity contribution in [3.8, 4) is 28.7 Å². The van der Waals surface area contributed by atoms with Crippen molar-refractivity contribution in [3.63, 3.8) is 0 Å². The van der Waals surface area contributed by atoms with E-state index >= 15 is 0 Å². The van der Waals surface area contributed by atoms with Gasteiger partial charge in [0.05, 0.1) is 59.1 Å². The van der Waals surface area contributed by atoms with Gasteiger partial charge in [0.25, 0.3) is 0 Å². The van der Waals surface area contributed by atoms with Gasteiger partial charge in [0.2, 0.25) is 5.75 Å². The van der Waals surface area contributed by atoms with Crippen LogP contribution >= 0.6 is 0 Å². The van der Waals surface area contributed by atoms with E-state index in [2.05, 4.69) is 0 Å². The van der Waals surface area contributed by atoms with Gasteiger partial charge in [-0.1, -0.05) is 6.92 Å². The fourth-order valence-electron chi connectivity index (χ4n) is 4.55. The van der Waals surface area contributed by atoms with Gasteiger partial charge in [-0.05, 0) is 55.2 Å². The number of aliphatic hydroxyl groups excluding tert-OH is 2. The molecule has 2 N–H and O–H groups in total. The van der Waals surface area contributed by atoms with Gasteiger partial charge in [-0.15, -0.1) is 0 Å². The molecule has 0 radical (unpaired) electrons. The van der Waals surface area contributed by atoms with Crippen molar-refractivity contribution < 1.29 is 47.1 Å². The summed E-state index contributed by atoms with van der Waals surface area (Å²) in [4.78, 5) is -0.0235. The van der Waals surface area contributed by atoms with E-state index in [0.29, 0.717) is 49.7 Å². The molecule has 1 aliphatic rings. The molecule has 3 rings (SSSR count). The standard InChI is InChI=1S/C28H40O10S/c1-6-9-37-28-25(36-10-7-8-29)11-19(15-26(28)39(31,32)17-18(2)30)21-14-22(38-16-21)20-12-23(33-3)27(35-5)24(13-20)34-4/h11-13,15,18,21-22,29-30H,6-10,14,16-17H2,1-5H3/t18-,21+,22-/m0/s1. The van der Waals surface area contributed by atoms with Gasteiger partial charge in [-0.2, -0.15) is 0 Å². The van der Waals surface area contributed by atoms with Crippen LogP contribution in [0.5, 0.6) is 28.7 Å². The molecule has 218 valence electrons. The highest BCUT2D eigenvalue weighted by Crippen LogP contribution is 2.47. The highest BCUT2D eigenvalue weighted by Gasteiger charge is 2.33. The minimum absolute atomic E-state index is 0.0235. The zero-order valence-electron chi connectivity index (χ0n) is 23.3. The second kappa shape index (κ2) is 14.1. The summed E-state index contributed by atoms with van der Waals surface area (Å²) in [7, 11) is 0.733. The van der Waals surface area contributed by atoms with Crippen molar-refractivity contribution in [3.05, 3.63) is 35.4 Å². The molecule has 11 heteroatoms. The predicted octanol–water partition coefficient (Wildman–Crippen LogP) is 3.66. The molecule has 0 spiro atoms. The van der Waals surface area contributed by atoms with Gasteiger partial charge in [-0.25, -0.2) is 8.42 Å². The maximum atomic E-state index is 13.4. The molecule has 1 saturated heterocycles. The van der Waals surface area contributed by atoms with Crippen LogP contribution in [0.25, 0.3) is 0 Å². The molecule has 2 aromatic rings. The van der Waals surface area contributed by atoms with Crippen LogP contribution in [-0.2, 0) is 14.6 Å². The Bertz CT molecular complexity index is 1170. The lowest BCUT2D eigenvalue weighted by atomic mass is 9.93. The first-order valence-electron chi connectivity index (χ1n) is 13.1. The van der Waals surface area contributed by atoms with Crippen LogP contribution in [0.2, 0.25) is 0 Å². The first-order valence-corrected chi connectivity index (χ1v) is 14.7. The van der Waals surface area contributed by atoms with Gasteiger partial charge in [0, 0.05) is 18.9 Å². The van der Waals surface area contributed by atoms with Crippen molar-refractivity contribution in [2.45, 2.75) is 56.1 Å². The zero-order valence-corrected chi connectivity index (χ0v) is 24.1. The SMILES string of the molecule is CCCOc1c(OCCCO)cc([C@H]2CO[C@H](c3cc(OC)c(OC)c(OC)c3)C2)cc1S(=O)(=O)C[C@H](C)O. The average Bonchev–Trinajstić information content (AvgIpc) is 3.41. The van der Waals surface area contributed by atoms with E-state index in [0.717, 1.165) is 11.1 Å². The molecular weight excluding hydrogens is 528 g/mol. The van der Waals surface area contributed by atoms with E-state index in [1.165, 1.54) is 6.92 Å². The number of rotatable bonds is 15. The minimum Gasteiger partial charge on any atom is -0.493 e. The number of hydrogen-bond donors (Lipinski definition) is 2. The quantitative estimate of drug-likeness (QED) is 0.307.